The van der Waals surface area contributed by atoms with E-state index >= 15 is 0 Å². The number of rotatable bonds is 3. The summed E-state index contributed by atoms with van der Waals surface area (Å²) < 4.78 is 0. The summed E-state index contributed by atoms with van der Waals surface area (Å²) in [7, 11) is 0. The largest absolute Gasteiger partial charge is 0.286 e. The lowest BCUT2D eigenvalue weighted by Crippen LogP contribution is -2.02. The fourth-order valence-electron chi connectivity index (χ4n) is 0.799. The van der Waals surface area contributed by atoms with Crippen molar-refractivity contribution in [1.82, 2.24) is 0 Å². The first kappa shape index (κ1) is 12.8. The van der Waals surface area contributed by atoms with Gasteiger partial charge in [0.25, 0.3) is 0 Å². The van der Waals surface area contributed by atoms with Crippen molar-refractivity contribution in [2.24, 2.45) is 10.9 Å². The topological polar surface area (TPSA) is 36.2 Å². The molecule has 78 valence electrons. The summed E-state index contributed by atoms with van der Waals surface area (Å²) in [6.07, 6.45) is 5.80. The molecule has 14 heavy (non-hydrogen) atoms. The van der Waals surface area contributed by atoms with E-state index in [2.05, 4.69) is 4.99 Å². The van der Waals surface area contributed by atoms with Gasteiger partial charge in [0.2, 0.25) is 0 Å². The Balaban J connectivity index is 4.53. The van der Waals surface area contributed by atoms with Gasteiger partial charge in [0.15, 0.2) is 0 Å². The van der Waals surface area contributed by atoms with Gasteiger partial charge in [0.05, 0.1) is 0 Å². The van der Waals surface area contributed by atoms with Crippen LogP contribution in [0.5, 0.6) is 0 Å². The predicted octanol–water partition coefficient (Wildman–Crippen LogP) is 3.60. The van der Waals surface area contributed by atoms with Crippen molar-refractivity contribution >= 4 is 12.1 Å². The van der Waals surface area contributed by atoms with Gasteiger partial charge in [-0.2, -0.15) is 0 Å². The predicted molar refractivity (Wildman–Crippen MR) is 64.2 cm³/mol. The number of hydrogen-bond donors (Lipinski definition) is 1. The molecule has 0 saturated heterocycles. The zero-order valence-corrected chi connectivity index (χ0v) is 9.76. The van der Waals surface area contributed by atoms with Crippen LogP contribution in [0.2, 0.25) is 0 Å². The fourth-order valence-corrected chi connectivity index (χ4v) is 0.799. The summed E-state index contributed by atoms with van der Waals surface area (Å²) in [4.78, 5) is 4.09. The lowest BCUT2D eigenvalue weighted by molar-refractivity contribution is 0.866. The van der Waals surface area contributed by atoms with Gasteiger partial charge in [-0.25, -0.2) is 4.99 Å². The highest BCUT2D eigenvalue weighted by Gasteiger charge is 1.98. The van der Waals surface area contributed by atoms with E-state index in [1.54, 1.807) is 6.21 Å². The normalized spacial score (nSPS) is 14.1. The van der Waals surface area contributed by atoms with Crippen LogP contribution in [0, 0.1) is 11.3 Å². The van der Waals surface area contributed by atoms with Gasteiger partial charge in [0.1, 0.15) is 5.84 Å². The minimum Gasteiger partial charge on any atom is -0.286 e. The zero-order valence-electron chi connectivity index (χ0n) is 9.76. The highest BCUT2D eigenvalue weighted by molar-refractivity contribution is 5.93. The molecule has 0 aliphatic carbocycles. The Morgan fingerprint density at radius 3 is 2.21 bits per heavy atom. The molecule has 0 amide bonds. The second-order valence-electron chi connectivity index (χ2n) is 3.66. The molecule has 0 saturated carbocycles. The molecule has 0 aromatic carbocycles. The Labute approximate surface area is 87.0 Å². The second kappa shape index (κ2) is 6.30. The number of nitrogens with zero attached hydrogens (tertiary/aromatic N) is 1. The molecule has 2 heteroatoms. The molecule has 0 atom stereocenters. The molecule has 0 unspecified atom stereocenters. The number of allylic oxidation sites excluding steroid dienone is 4. The maximum atomic E-state index is 7.54. The molecule has 0 bridgehead atoms. The number of hydrogen-bond acceptors (Lipinski definition) is 1. The Morgan fingerprint density at radius 1 is 1.21 bits per heavy atom. The average molecular weight is 192 g/mol. The maximum Gasteiger partial charge on any atom is 0.122 e. The highest BCUT2D eigenvalue weighted by atomic mass is 14.8. The van der Waals surface area contributed by atoms with Crippen LogP contribution in [0.25, 0.3) is 0 Å². The molecule has 0 rings (SSSR count). The van der Waals surface area contributed by atoms with Crippen molar-refractivity contribution in [2.75, 3.05) is 0 Å². The first-order chi connectivity index (χ1) is 6.49. The van der Waals surface area contributed by atoms with Gasteiger partial charge in [-0.05, 0) is 31.9 Å². The molecule has 0 aliphatic heterocycles. The highest BCUT2D eigenvalue weighted by Crippen LogP contribution is 2.03. The van der Waals surface area contributed by atoms with Crippen molar-refractivity contribution in [3.8, 4) is 0 Å². The minimum atomic E-state index is 0.195. The van der Waals surface area contributed by atoms with Gasteiger partial charge in [-0.1, -0.05) is 26.0 Å². The Morgan fingerprint density at radius 2 is 1.79 bits per heavy atom. The van der Waals surface area contributed by atoms with E-state index < -0.39 is 0 Å². The molecule has 1 N–H and O–H groups in total. The molecular weight excluding hydrogens is 172 g/mol. The van der Waals surface area contributed by atoms with Crippen LogP contribution in [-0.2, 0) is 0 Å². The lowest BCUT2D eigenvalue weighted by atomic mass is 10.1. The number of amidine groups is 1. The van der Waals surface area contributed by atoms with E-state index in [-0.39, 0.29) is 5.92 Å². The Kier molecular flexibility index (Phi) is 5.77. The van der Waals surface area contributed by atoms with Crippen LogP contribution in [0.15, 0.2) is 28.3 Å². The molecule has 0 aliphatic rings. The van der Waals surface area contributed by atoms with Crippen LogP contribution in [0.4, 0.5) is 0 Å². The molecular formula is C12H20N2. The van der Waals surface area contributed by atoms with Gasteiger partial charge in [-0.3, -0.25) is 5.41 Å². The molecule has 2 nitrogen and oxygen atoms in total. The first-order valence-electron chi connectivity index (χ1n) is 4.91. The van der Waals surface area contributed by atoms with Crippen LogP contribution in [-0.4, -0.2) is 12.1 Å². The Hall–Kier alpha value is -1.18. The van der Waals surface area contributed by atoms with Crippen LogP contribution >= 0.6 is 0 Å². The monoisotopic (exact) mass is 192 g/mol. The summed E-state index contributed by atoms with van der Waals surface area (Å²) >= 11 is 0. The third kappa shape index (κ3) is 4.75. The summed E-state index contributed by atoms with van der Waals surface area (Å²) in [5, 5.41) is 7.54. The van der Waals surface area contributed by atoms with Gasteiger partial charge >= 0.3 is 0 Å². The molecule has 0 spiro atoms. The molecule has 0 aromatic heterocycles. The molecule has 0 heterocycles. The third-order valence-electron chi connectivity index (χ3n) is 1.98. The number of nitrogens with one attached hydrogen (secondary N) is 1. The van der Waals surface area contributed by atoms with Crippen molar-refractivity contribution in [1.29, 1.82) is 5.41 Å². The van der Waals surface area contributed by atoms with Crippen LogP contribution < -0.4 is 0 Å². The summed E-state index contributed by atoms with van der Waals surface area (Å²) in [6.45, 7) is 9.98. The zero-order chi connectivity index (χ0) is 11.1. The van der Waals surface area contributed by atoms with E-state index in [1.807, 2.05) is 46.8 Å². The Bertz CT molecular complexity index is 281. The smallest absolute Gasteiger partial charge is 0.122 e. The van der Waals surface area contributed by atoms with Gasteiger partial charge in [0, 0.05) is 12.1 Å². The average Bonchev–Trinajstić information content (AvgIpc) is 2.13. The van der Waals surface area contributed by atoms with Crippen molar-refractivity contribution in [3.63, 3.8) is 0 Å². The van der Waals surface area contributed by atoms with Crippen molar-refractivity contribution in [2.45, 2.75) is 34.6 Å². The van der Waals surface area contributed by atoms with E-state index in [4.69, 9.17) is 5.41 Å². The standard InChI is InChI=1S/C12H20N2/c1-6-7-10(4)11(5)8-14-12(13)9(2)3/h6-9,13H,1-5H3/b7-6-,11-10+,13-12?,14-8-. The van der Waals surface area contributed by atoms with E-state index in [0.717, 1.165) is 5.57 Å². The summed E-state index contributed by atoms with van der Waals surface area (Å²) in [6, 6.07) is 0. The molecule has 0 fully saturated rings. The lowest BCUT2D eigenvalue weighted by Gasteiger charge is -2.01. The van der Waals surface area contributed by atoms with E-state index in [9.17, 15) is 0 Å². The fraction of sp³-hybridized carbons (Fsp3) is 0.500. The molecule has 0 radical (unpaired) electrons. The summed E-state index contributed by atoms with van der Waals surface area (Å²) in [5.74, 6) is 0.624. The third-order valence-corrected chi connectivity index (χ3v) is 1.98. The number of aliphatic imine (C=N–C) groups is 1. The summed E-state index contributed by atoms with van der Waals surface area (Å²) in [5.41, 5.74) is 2.29. The van der Waals surface area contributed by atoms with Crippen molar-refractivity contribution < 1.29 is 0 Å². The minimum absolute atomic E-state index is 0.195. The second-order valence-corrected chi connectivity index (χ2v) is 3.66. The van der Waals surface area contributed by atoms with Gasteiger partial charge < -0.3 is 0 Å². The van der Waals surface area contributed by atoms with Crippen LogP contribution in [0.3, 0.4) is 0 Å². The van der Waals surface area contributed by atoms with E-state index in [1.165, 1.54) is 5.57 Å². The van der Waals surface area contributed by atoms with Crippen molar-refractivity contribution in [3.05, 3.63) is 23.3 Å². The van der Waals surface area contributed by atoms with Gasteiger partial charge in [-0.15, -0.1) is 0 Å². The SMILES string of the molecule is C\C=C/C(C)=C(C)/C=N\C(=N)C(C)C. The van der Waals surface area contributed by atoms with Crippen LogP contribution in [0.1, 0.15) is 34.6 Å². The van der Waals surface area contributed by atoms with E-state index in [0.29, 0.717) is 5.84 Å². The first-order valence-corrected chi connectivity index (χ1v) is 4.91. The maximum absolute atomic E-state index is 7.54. The quantitative estimate of drug-likeness (QED) is 0.403. The molecule has 0 aromatic rings.